The van der Waals surface area contributed by atoms with E-state index < -0.39 is 0 Å². The standard InChI is InChI=1S/C36H25N3O/c1-23(38-35-30-14-4-5-17-32(30)40-33(35)21-24-9-8-20-37-22-24)39-31-16-7-12-26-11-6-15-28(34(26)31)29-19-18-25-10-2-3-13-27(25)36(29)39/h2-20,22H,21H2,1H3. The summed E-state index contributed by atoms with van der Waals surface area (Å²) in [7, 11) is 0. The predicted octanol–water partition coefficient (Wildman–Crippen LogP) is 9.59. The predicted molar refractivity (Wildman–Crippen MR) is 165 cm³/mol. The van der Waals surface area contributed by atoms with E-state index in [0.717, 1.165) is 45.2 Å². The molecule has 40 heavy (non-hydrogen) atoms. The number of benzene rings is 5. The lowest BCUT2D eigenvalue weighted by atomic mass is 9.89. The van der Waals surface area contributed by atoms with Crippen LogP contribution in [0.3, 0.4) is 0 Å². The molecule has 0 saturated heterocycles. The zero-order valence-corrected chi connectivity index (χ0v) is 22.0. The van der Waals surface area contributed by atoms with E-state index in [2.05, 4.69) is 102 Å². The van der Waals surface area contributed by atoms with Gasteiger partial charge in [-0.1, -0.05) is 84.9 Å². The quantitative estimate of drug-likeness (QED) is 0.174. The SMILES string of the molecule is CC(=Nc1c(Cc2cccnc2)oc2ccccc12)N1c2c(ccc3ccccc23)-c2cccc3cccc1c23. The molecule has 1 aliphatic heterocycles. The monoisotopic (exact) mass is 515 g/mol. The number of amidine groups is 1. The van der Waals surface area contributed by atoms with E-state index in [0.29, 0.717) is 6.42 Å². The highest BCUT2D eigenvalue weighted by Crippen LogP contribution is 2.50. The van der Waals surface area contributed by atoms with Crippen LogP contribution in [0.1, 0.15) is 18.2 Å². The minimum atomic E-state index is 0.618. The molecule has 3 heterocycles. The molecule has 0 fully saturated rings. The Labute approximate surface area is 231 Å². The second kappa shape index (κ2) is 8.92. The lowest BCUT2D eigenvalue weighted by Gasteiger charge is -2.34. The van der Waals surface area contributed by atoms with Gasteiger partial charge in [-0.15, -0.1) is 0 Å². The van der Waals surface area contributed by atoms with E-state index >= 15 is 0 Å². The van der Waals surface area contributed by atoms with Gasteiger partial charge in [-0.05, 0) is 53.1 Å². The Hall–Kier alpha value is -5.22. The number of pyridine rings is 1. The Morgan fingerprint density at radius 3 is 2.42 bits per heavy atom. The molecule has 8 rings (SSSR count). The van der Waals surface area contributed by atoms with Crippen molar-refractivity contribution in [2.75, 3.05) is 4.90 Å². The lowest BCUT2D eigenvalue weighted by Crippen LogP contribution is -2.26. The molecular formula is C36H25N3O. The Kier molecular flexibility index (Phi) is 5.07. The average Bonchev–Trinajstić information content (AvgIpc) is 3.34. The molecule has 0 amide bonds. The zero-order chi connectivity index (χ0) is 26.6. The number of aliphatic imine (C=N–C) groups is 1. The second-order valence-corrected chi connectivity index (χ2v) is 10.3. The van der Waals surface area contributed by atoms with Crippen LogP contribution in [0.5, 0.6) is 0 Å². The van der Waals surface area contributed by atoms with Crippen molar-refractivity contribution >= 4 is 55.4 Å². The van der Waals surface area contributed by atoms with Crippen LogP contribution >= 0.6 is 0 Å². The van der Waals surface area contributed by atoms with E-state index in [1.54, 1.807) is 6.20 Å². The van der Waals surface area contributed by atoms with Crippen LogP contribution in [0.4, 0.5) is 17.1 Å². The van der Waals surface area contributed by atoms with E-state index in [-0.39, 0.29) is 0 Å². The highest BCUT2D eigenvalue weighted by atomic mass is 16.3. The van der Waals surface area contributed by atoms with Gasteiger partial charge in [-0.3, -0.25) is 9.88 Å². The molecule has 0 spiro atoms. The van der Waals surface area contributed by atoms with Crippen molar-refractivity contribution in [3.05, 3.63) is 133 Å². The first-order chi connectivity index (χ1) is 19.8. The Morgan fingerprint density at radius 2 is 1.55 bits per heavy atom. The van der Waals surface area contributed by atoms with Crippen molar-refractivity contribution in [1.29, 1.82) is 0 Å². The van der Waals surface area contributed by atoms with Crippen molar-refractivity contribution in [1.82, 2.24) is 4.98 Å². The second-order valence-electron chi connectivity index (χ2n) is 10.3. The van der Waals surface area contributed by atoms with Crippen molar-refractivity contribution in [3.63, 3.8) is 0 Å². The minimum absolute atomic E-state index is 0.618. The lowest BCUT2D eigenvalue weighted by molar-refractivity contribution is 0.563. The molecule has 7 aromatic rings. The maximum atomic E-state index is 6.39. The zero-order valence-electron chi connectivity index (χ0n) is 22.0. The number of aromatic nitrogens is 1. The number of hydrogen-bond donors (Lipinski definition) is 0. The van der Waals surface area contributed by atoms with E-state index in [1.165, 1.54) is 32.7 Å². The molecule has 0 radical (unpaired) electrons. The molecule has 4 heteroatoms. The van der Waals surface area contributed by atoms with Gasteiger partial charge in [0, 0.05) is 40.5 Å². The largest absolute Gasteiger partial charge is 0.458 e. The fourth-order valence-corrected chi connectivity index (χ4v) is 6.13. The maximum Gasteiger partial charge on any atom is 0.136 e. The number of para-hydroxylation sites is 1. The number of anilines is 2. The summed E-state index contributed by atoms with van der Waals surface area (Å²) in [6.45, 7) is 2.11. The van der Waals surface area contributed by atoms with Gasteiger partial charge in [0.05, 0.1) is 11.4 Å². The van der Waals surface area contributed by atoms with Gasteiger partial charge in [0.25, 0.3) is 0 Å². The molecule has 0 unspecified atom stereocenters. The molecule has 2 aromatic heterocycles. The fraction of sp³-hybridized carbons (Fsp3) is 0.0556. The fourth-order valence-electron chi connectivity index (χ4n) is 6.13. The summed E-state index contributed by atoms with van der Waals surface area (Å²) in [4.78, 5) is 12.0. The van der Waals surface area contributed by atoms with Gasteiger partial charge in [0.15, 0.2) is 0 Å². The van der Waals surface area contributed by atoms with Gasteiger partial charge < -0.3 is 4.42 Å². The molecule has 0 saturated carbocycles. The number of fused-ring (bicyclic) bond motifs is 5. The third kappa shape index (κ3) is 3.46. The van der Waals surface area contributed by atoms with Crippen LogP contribution in [0.15, 0.2) is 131 Å². The van der Waals surface area contributed by atoms with Gasteiger partial charge >= 0.3 is 0 Å². The van der Waals surface area contributed by atoms with E-state index in [4.69, 9.17) is 9.41 Å². The topological polar surface area (TPSA) is 41.6 Å². The summed E-state index contributed by atoms with van der Waals surface area (Å²) in [6.07, 6.45) is 4.30. The van der Waals surface area contributed by atoms with Crippen LogP contribution in [-0.4, -0.2) is 10.8 Å². The van der Waals surface area contributed by atoms with Crippen molar-refractivity contribution < 1.29 is 4.42 Å². The number of hydrogen-bond acceptors (Lipinski definition) is 3. The van der Waals surface area contributed by atoms with Crippen molar-refractivity contribution in [2.45, 2.75) is 13.3 Å². The Balaban J connectivity index is 1.40. The smallest absolute Gasteiger partial charge is 0.136 e. The highest BCUT2D eigenvalue weighted by molar-refractivity contribution is 6.24. The summed E-state index contributed by atoms with van der Waals surface area (Å²) in [5.74, 6) is 1.72. The maximum absolute atomic E-state index is 6.39. The van der Waals surface area contributed by atoms with Crippen LogP contribution in [0, 0.1) is 0 Å². The van der Waals surface area contributed by atoms with Crippen LogP contribution in [0.2, 0.25) is 0 Å². The summed E-state index contributed by atoms with van der Waals surface area (Å²) in [5, 5.41) is 5.88. The van der Waals surface area contributed by atoms with Gasteiger partial charge in [-0.2, -0.15) is 0 Å². The molecular weight excluding hydrogens is 490 g/mol. The molecule has 1 aliphatic rings. The number of furan rings is 1. The number of nitrogens with zero attached hydrogens (tertiary/aromatic N) is 3. The van der Waals surface area contributed by atoms with Crippen LogP contribution < -0.4 is 4.90 Å². The summed E-state index contributed by atoms with van der Waals surface area (Å²) in [5.41, 5.74) is 7.56. The third-order valence-electron chi connectivity index (χ3n) is 7.86. The van der Waals surface area contributed by atoms with Gasteiger partial charge in [-0.25, -0.2) is 4.99 Å². The van der Waals surface area contributed by atoms with Gasteiger partial charge in [0.1, 0.15) is 22.9 Å². The average molecular weight is 516 g/mol. The molecule has 5 aromatic carbocycles. The summed E-state index contributed by atoms with van der Waals surface area (Å²) < 4.78 is 6.39. The van der Waals surface area contributed by atoms with Crippen molar-refractivity contribution in [2.24, 2.45) is 4.99 Å². The van der Waals surface area contributed by atoms with Crippen molar-refractivity contribution in [3.8, 4) is 11.1 Å². The summed E-state index contributed by atoms with van der Waals surface area (Å²) in [6, 6.07) is 38.4. The first-order valence-electron chi connectivity index (χ1n) is 13.5. The van der Waals surface area contributed by atoms with Crippen LogP contribution in [0.25, 0.3) is 43.6 Å². The molecule has 190 valence electrons. The third-order valence-corrected chi connectivity index (χ3v) is 7.86. The van der Waals surface area contributed by atoms with Crippen LogP contribution in [-0.2, 0) is 6.42 Å². The molecule has 0 atom stereocenters. The minimum Gasteiger partial charge on any atom is -0.458 e. The molecule has 0 N–H and O–H groups in total. The van der Waals surface area contributed by atoms with E-state index in [9.17, 15) is 0 Å². The van der Waals surface area contributed by atoms with E-state index in [1.807, 2.05) is 30.5 Å². The molecule has 0 aliphatic carbocycles. The normalized spacial score (nSPS) is 12.8. The van der Waals surface area contributed by atoms with Gasteiger partial charge in [0.2, 0.25) is 0 Å². The molecule has 4 nitrogen and oxygen atoms in total. The molecule has 0 bridgehead atoms. The first kappa shape index (κ1) is 22.7. The first-order valence-corrected chi connectivity index (χ1v) is 13.5. The Morgan fingerprint density at radius 1 is 0.750 bits per heavy atom. The highest BCUT2D eigenvalue weighted by Gasteiger charge is 2.28. The Bertz CT molecular complexity index is 2100. The number of rotatable bonds is 3. The summed E-state index contributed by atoms with van der Waals surface area (Å²) >= 11 is 0.